The standard InChI is InChI=1S/C22H16N2O5/c1-13-4-3-5-15(10-13)21-23-19(22(25)29-21)12-17-7-9-20(28-17)18-8-6-16(24(26)27)11-14(18)2/h3-12H,1-2H3/b19-12+. The molecule has 0 spiro atoms. The van der Waals surface area contributed by atoms with Gasteiger partial charge in [0.05, 0.1) is 4.92 Å². The van der Waals surface area contributed by atoms with Gasteiger partial charge >= 0.3 is 5.97 Å². The van der Waals surface area contributed by atoms with Crippen molar-refractivity contribution in [2.24, 2.45) is 4.99 Å². The molecule has 0 radical (unpaired) electrons. The van der Waals surface area contributed by atoms with E-state index >= 15 is 0 Å². The number of nitro benzene ring substituents is 1. The summed E-state index contributed by atoms with van der Waals surface area (Å²) in [7, 11) is 0. The molecule has 0 saturated carbocycles. The molecule has 144 valence electrons. The molecule has 7 nitrogen and oxygen atoms in total. The number of ether oxygens (including phenoxy) is 1. The van der Waals surface area contributed by atoms with Crippen LogP contribution >= 0.6 is 0 Å². The number of furan rings is 1. The van der Waals surface area contributed by atoms with E-state index in [1.807, 2.05) is 31.2 Å². The van der Waals surface area contributed by atoms with Crippen LogP contribution in [0.2, 0.25) is 0 Å². The number of esters is 1. The van der Waals surface area contributed by atoms with Crippen molar-refractivity contribution >= 4 is 23.6 Å². The molecule has 2 heterocycles. The first-order chi connectivity index (χ1) is 13.9. The number of carbonyl (C=O) groups is 1. The number of hydrogen-bond donors (Lipinski definition) is 0. The van der Waals surface area contributed by atoms with Crippen LogP contribution in [0.15, 0.2) is 69.7 Å². The van der Waals surface area contributed by atoms with Crippen molar-refractivity contribution in [2.75, 3.05) is 0 Å². The summed E-state index contributed by atoms with van der Waals surface area (Å²) >= 11 is 0. The average Bonchev–Trinajstić information content (AvgIpc) is 3.29. The molecule has 0 fully saturated rings. The lowest BCUT2D eigenvalue weighted by Crippen LogP contribution is -2.05. The first kappa shape index (κ1) is 18.4. The quantitative estimate of drug-likeness (QED) is 0.276. The van der Waals surface area contributed by atoms with Gasteiger partial charge in [-0.15, -0.1) is 0 Å². The molecule has 1 aliphatic heterocycles. The van der Waals surface area contributed by atoms with E-state index in [0.29, 0.717) is 17.1 Å². The lowest BCUT2D eigenvalue weighted by atomic mass is 10.1. The second kappa shape index (κ2) is 7.20. The minimum Gasteiger partial charge on any atom is -0.457 e. The van der Waals surface area contributed by atoms with Gasteiger partial charge in [-0.1, -0.05) is 17.7 Å². The zero-order valence-electron chi connectivity index (χ0n) is 15.7. The Morgan fingerprint density at radius 2 is 1.90 bits per heavy atom. The summed E-state index contributed by atoms with van der Waals surface area (Å²) in [5.74, 6) is 0.673. The van der Waals surface area contributed by atoms with Crippen LogP contribution in [0, 0.1) is 24.0 Å². The predicted octanol–water partition coefficient (Wildman–Crippen LogP) is 4.82. The van der Waals surface area contributed by atoms with Crippen LogP contribution in [-0.2, 0) is 9.53 Å². The third-order valence-corrected chi connectivity index (χ3v) is 4.48. The number of rotatable bonds is 4. The SMILES string of the molecule is Cc1cccc(C2=N/C(=C/c3ccc(-c4ccc([N+](=O)[O-])cc4C)o3)C(=O)O2)c1. The number of aryl methyl sites for hydroxylation is 2. The zero-order valence-corrected chi connectivity index (χ0v) is 15.7. The van der Waals surface area contributed by atoms with E-state index in [1.165, 1.54) is 18.2 Å². The average molecular weight is 388 g/mol. The molecule has 3 aromatic rings. The highest BCUT2D eigenvalue weighted by Crippen LogP contribution is 2.29. The lowest BCUT2D eigenvalue weighted by molar-refractivity contribution is -0.384. The Morgan fingerprint density at radius 3 is 2.62 bits per heavy atom. The van der Waals surface area contributed by atoms with Crippen LogP contribution in [0.1, 0.15) is 22.5 Å². The minimum absolute atomic E-state index is 0.0202. The highest BCUT2D eigenvalue weighted by Gasteiger charge is 2.24. The summed E-state index contributed by atoms with van der Waals surface area (Å²) in [6.07, 6.45) is 1.51. The van der Waals surface area contributed by atoms with E-state index in [-0.39, 0.29) is 17.3 Å². The summed E-state index contributed by atoms with van der Waals surface area (Å²) in [4.78, 5) is 26.9. The maximum Gasteiger partial charge on any atom is 0.363 e. The van der Waals surface area contributed by atoms with Gasteiger partial charge in [-0.05, 0) is 49.7 Å². The Morgan fingerprint density at radius 1 is 1.07 bits per heavy atom. The number of carbonyl (C=O) groups excluding carboxylic acids is 1. The number of nitrogens with zero attached hydrogens (tertiary/aromatic N) is 2. The number of benzene rings is 2. The largest absolute Gasteiger partial charge is 0.457 e. The Labute approximate surface area is 166 Å². The van der Waals surface area contributed by atoms with Crippen molar-refractivity contribution < 1.29 is 18.9 Å². The maximum atomic E-state index is 12.2. The van der Waals surface area contributed by atoms with Crippen LogP contribution in [-0.4, -0.2) is 16.8 Å². The Balaban J connectivity index is 1.62. The third-order valence-electron chi connectivity index (χ3n) is 4.48. The zero-order chi connectivity index (χ0) is 20.5. The monoisotopic (exact) mass is 388 g/mol. The van der Waals surface area contributed by atoms with E-state index in [1.54, 1.807) is 25.1 Å². The fraction of sp³-hybridized carbons (Fsp3) is 0.0909. The second-order valence-electron chi connectivity index (χ2n) is 6.66. The number of cyclic esters (lactones) is 1. The fourth-order valence-corrected chi connectivity index (χ4v) is 3.06. The molecule has 0 bridgehead atoms. The van der Waals surface area contributed by atoms with Gasteiger partial charge in [0, 0.05) is 29.3 Å². The first-order valence-corrected chi connectivity index (χ1v) is 8.85. The first-order valence-electron chi connectivity index (χ1n) is 8.85. The molecule has 1 aromatic heterocycles. The van der Waals surface area contributed by atoms with Crippen molar-refractivity contribution in [3.05, 3.63) is 92.9 Å². The van der Waals surface area contributed by atoms with Gasteiger partial charge in [0.1, 0.15) is 11.5 Å². The van der Waals surface area contributed by atoms with Crippen LogP contribution in [0.5, 0.6) is 0 Å². The molecule has 0 unspecified atom stereocenters. The van der Waals surface area contributed by atoms with Crippen molar-refractivity contribution in [1.29, 1.82) is 0 Å². The van der Waals surface area contributed by atoms with Crippen molar-refractivity contribution in [1.82, 2.24) is 0 Å². The Kier molecular flexibility index (Phi) is 4.56. The third kappa shape index (κ3) is 3.70. The molecule has 0 aliphatic carbocycles. The highest BCUT2D eigenvalue weighted by molar-refractivity contribution is 6.12. The smallest absolute Gasteiger partial charge is 0.363 e. The Hall–Kier alpha value is -4.00. The summed E-state index contributed by atoms with van der Waals surface area (Å²) < 4.78 is 11.1. The van der Waals surface area contributed by atoms with Crippen molar-refractivity contribution in [3.8, 4) is 11.3 Å². The van der Waals surface area contributed by atoms with Crippen LogP contribution in [0.4, 0.5) is 5.69 Å². The molecule has 29 heavy (non-hydrogen) atoms. The van der Waals surface area contributed by atoms with Crippen LogP contribution in [0.25, 0.3) is 17.4 Å². The molecule has 1 aliphatic rings. The van der Waals surface area contributed by atoms with Gasteiger partial charge in [-0.3, -0.25) is 10.1 Å². The Bertz CT molecular complexity index is 1200. The van der Waals surface area contributed by atoms with Gasteiger partial charge in [0.15, 0.2) is 5.70 Å². The summed E-state index contributed by atoms with van der Waals surface area (Å²) in [6.45, 7) is 3.72. The summed E-state index contributed by atoms with van der Waals surface area (Å²) in [5, 5.41) is 10.9. The predicted molar refractivity (Wildman–Crippen MR) is 107 cm³/mol. The molecular weight excluding hydrogens is 372 g/mol. The summed E-state index contributed by atoms with van der Waals surface area (Å²) in [6, 6.07) is 15.5. The van der Waals surface area contributed by atoms with E-state index < -0.39 is 10.9 Å². The molecule has 7 heteroatoms. The molecule has 4 rings (SSSR count). The molecule has 0 N–H and O–H groups in total. The highest BCUT2D eigenvalue weighted by atomic mass is 16.6. The van der Waals surface area contributed by atoms with Crippen molar-refractivity contribution in [2.45, 2.75) is 13.8 Å². The molecule has 0 amide bonds. The van der Waals surface area contributed by atoms with Gasteiger partial charge < -0.3 is 9.15 Å². The van der Waals surface area contributed by atoms with E-state index in [9.17, 15) is 14.9 Å². The summed E-state index contributed by atoms with van der Waals surface area (Å²) in [5.41, 5.74) is 3.37. The maximum absolute atomic E-state index is 12.2. The fourth-order valence-electron chi connectivity index (χ4n) is 3.06. The number of hydrogen-bond acceptors (Lipinski definition) is 6. The second-order valence-corrected chi connectivity index (χ2v) is 6.66. The van der Waals surface area contributed by atoms with Crippen LogP contribution < -0.4 is 0 Å². The number of aliphatic imine (C=N–C) groups is 1. The topological polar surface area (TPSA) is 94.9 Å². The van der Waals surface area contributed by atoms with E-state index in [4.69, 9.17) is 9.15 Å². The normalized spacial score (nSPS) is 14.8. The molecule has 0 saturated heterocycles. The van der Waals surface area contributed by atoms with E-state index in [0.717, 1.165) is 16.7 Å². The van der Waals surface area contributed by atoms with E-state index in [2.05, 4.69) is 4.99 Å². The van der Waals surface area contributed by atoms with Crippen LogP contribution in [0.3, 0.4) is 0 Å². The van der Waals surface area contributed by atoms with Gasteiger partial charge in [0.2, 0.25) is 5.90 Å². The van der Waals surface area contributed by atoms with Crippen molar-refractivity contribution in [3.63, 3.8) is 0 Å². The molecular formula is C22H16N2O5. The lowest BCUT2D eigenvalue weighted by Gasteiger charge is -2.02. The minimum atomic E-state index is -0.550. The number of nitro groups is 1. The molecule has 2 aromatic carbocycles. The number of non-ortho nitro benzene ring substituents is 1. The molecule has 0 atom stereocenters. The van der Waals surface area contributed by atoms with Gasteiger partial charge in [-0.2, -0.15) is 0 Å². The van der Waals surface area contributed by atoms with Gasteiger partial charge in [0.25, 0.3) is 5.69 Å². The van der Waals surface area contributed by atoms with Gasteiger partial charge in [-0.25, -0.2) is 9.79 Å².